The van der Waals surface area contributed by atoms with Crippen LogP contribution < -0.4 is 0 Å². The third-order valence-electron chi connectivity index (χ3n) is 3.07. The van der Waals surface area contributed by atoms with Crippen molar-refractivity contribution in [2.24, 2.45) is 0 Å². The normalized spacial score (nSPS) is 23.7. The van der Waals surface area contributed by atoms with Gasteiger partial charge in [0.1, 0.15) is 0 Å². The second kappa shape index (κ2) is 7.22. The topological polar surface area (TPSA) is 46.6 Å². The Balaban J connectivity index is 2.54. The van der Waals surface area contributed by atoms with Gasteiger partial charge < -0.3 is 4.74 Å². The molecule has 1 heterocycles. The van der Waals surface area contributed by atoms with E-state index in [0.717, 1.165) is 19.3 Å². The number of hydrogen-bond acceptors (Lipinski definition) is 3. The van der Waals surface area contributed by atoms with Crippen LogP contribution in [-0.2, 0) is 14.8 Å². The van der Waals surface area contributed by atoms with Gasteiger partial charge in [-0.05, 0) is 33.1 Å². The van der Waals surface area contributed by atoms with Crippen molar-refractivity contribution in [2.45, 2.75) is 57.0 Å². The van der Waals surface area contributed by atoms with Crippen molar-refractivity contribution in [3.8, 4) is 0 Å². The van der Waals surface area contributed by atoms with E-state index in [1.54, 1.807) is 4.31 Å². The van der Waals surface area contributed by atoms with E-state index in [1.165, 1.54) is 0 Å². The Morgan fingerprint density at radius 1 is 1.39 bits per heavy atom. The molecule has 6 heteroatoms. The van der Waals surface area contributed by atoms with Gasteiger partial charge in [-0.2, -0.15) is 4.31 Å². The molecule has 4 nitrogen and oxygen atoms in total. The van der Waals surface area contributed by atoms with Crippen LogP contribution in [0.15, 0.2) is 0 Å². The largest absolute Gasteiger partial charge is 0.378 e. The average molecular weight is 342 g/mol. The summed E-state index contributed by atoms with van der Waals surface area (Å²) in [5, 5.41) is 0. The molecule has 1 aliphatic rings. The first-order valence-corrected chi connectivity index (χ1v) is 9.10. The van der Waals surface area contributed by atoms with E-state index in [0.29, 0.717) is 11.4 Å². The van der Waals surface area contributed by atoms with E-state index in [9.17, 15) is 8.42 Å². The van der Waals surface area contributed by atoms with Crippen LogP contribution in [0.1, 0.15) is 40.0 Å². The molecule has 0 aromatic carbocycles. The molecule has 0 spiro atoms. The Kier molecular flexibility index (Phi) is 6.58. The lowest BCUT2D eigenvalue weighted by Gasteiger charge is -2.25. The van der Waals surface area contributed by atoms with Crippen LogP contribution in [0.3, 0.4) is 0 Å². The fourth-order valence-corrected chi connectivity index (χ4v) is 4.32. The third kappa shape index (κ3) is 5.15. The van der Waals surface area contributed by atoms with Gasteiger partial charge in [-0.1, -0.05) is 22.9 Å². The lowest BCUT2D eigenvalue weighted by Crippen LogP contribution is -2.39. The molecular formula is C12H24BrNO3S. The first-order valence-electron chi connectivity index (χ1n) is 6.58. The van der Waals surface area contributed by atoms with Crippen LogP contribution >= 0.6 is 15.9 Å². The van der Waals surface area contributed by atoms with Crippen molar-refractivity contribution in [2.75, 3.05) is 18.9 Å². The number of nitrogens with zero attached hydrogens (tertiary/aromatic N) is 1. The number of sulfonamides is 1. The van der Waals surface area contributed by atoms with Gasteiger partial charge in [0, 0.05) is 17.4 Å². The summed E-state index contributed by atoms with van der Waals surface area (Å²) in [6.07, 6.45) is 2.90. The van der Waals surface area contributed by atoms with E-state index in [2.05, 4.69) is 22.9 Å². The zero-order valence-electron chi connectivity index (χ0n) is 11.4. The van der Waals surface area contributed by atoms with Gasteiger partial charge in [0.25, 0.3) is 0 Å². The highest BCUT2D eigenvalue weighted by molar-refractivity contribution is 9.09. The third-order valence-corrected chi connectivity index (χ3v) is 5.32. The second-order valence-electron chi connectivity index (χ2n) is 5.16. The van der Waals surface area contributed by atoms with Crippen LogP contribution in [0.2, 0.25) is 0 Å². The number of ether oxygens (including phenoxy) is 1. The first-order chi connectivity index (χ1) is 8.33. The maximum absolute atomic E-state index is 12.2. The van der Waals surface area contributed by atoms with Crippen LogP contribution in [0.5, 0.6) is 0 Å². The average Bonchev–Trinajstić information content (AvgIpc) is 2.64. The SMILES string of the molecule is CC(Br)CC1CCCN1S(=O)(=O)CCOC(C)C. The smallest absolute Gasteiger partial charge is 0.216 e. The van der Waals surface area contributed by atoms with Crippen molar-refractivity contribution >= 4 is 26.0 Å². The number of halogens is 1. The van der Waals surface area contributed by atoms with E-state index < -0.39 is 10.0 Å². The Bertz CT molecular complexity index is 343. The summed E-state index contributed by atoms with van der Waals surface area (Å²) < 4.78 is 31.5. The minimum Gasteiger partial charge on any atom is -0.378 e. The van der Waals surface area contributed by atoms with Crippen molar-refractivity contribution in [3.05, 3.63) is 0 Å². The fourth-order valence-electron chi connectivity index (χ4n) is 2.29. The summed E-state index contributed by atoms with van der Waals surface area (Å²) in [7, 11) is -3.16. The quantitative estimate of drug-likeness (QED) is 0.668. The zero-order chi connectivity index (χ0) is 13.8. The maximum Gasteiger partial charge on any atom is 0.216 e. The van der Waals surface area contributed by atoms with Gasteiger partial charge in [-0.25, -0.2) is 8.42 Å². The van der Waals surface area contributed by atoms with E-state index >= 15 is 0 Å². The molecule has 0 radical (unpaired) electrons. The predicted octanol–water partition coefficient (Wildman–Crippen LogP) is 2.38. The molecule has 0 aromatic heterocycles. The maximum atomic E-state index is 12.2. The highest BCUT2D eigenvalue weighted by Gasteiger charge is 2.34. The molecule has 0 saturated carbocycles. The van der Waals surface area contributed by atoms with Crippen LogP contribution in [0.25, 0.3) is 0 Å². The van der Waals surface area contributed by atoms with Gasteiger partial charge in [-0.3, -0.25) is 0 Å². The minimum absolute atomic E-state index is 0.0807. The summed E-state index contributed by atoms with van der Waals surface area (Å²) in [5.74, 6) is 0.0956. The second-order valence-corrected chi connectivity index (χ2v) is 8.76. The minimum atomic E-state index is -3.16. The summed E-state index contributed by atoms with van der Waals surface area (Å²) >= 11 is 3.50. The fraction of sp³-hybridized carbons (Fsp3) is 1.00. The number of alkyl halides is 1. The van der Waals surface area contributed by atoms with Crippen molar-refractivity contribution < 1.29 is 13.2 Å². The first kappa shape index (κ1) is 16.4. The highest BCUT2D eigenvalue weighted by atomic mass is 79.9. The zero-order valence-corrected chi connectivity index (χ0v) is 13.8. The lowest BCUT2D eigenvalue weighted by atomic mass is 10.1. The lowest BCUT2D eigenvalue weighted by molar-refractivity contribution is 0.0906. The molecule has 2 atom stereocenters. The van der Waals surface area contributed by atoms with Crippen molar-refractivity contribution in [1.29, 1.82) is 0 Å². The Morgan fingerprint density at radius 2 is 2.06 bits per heavy atom. The van der Waals surface area contributed by atoms with Gasteiger partial charge in [0.05, 0.1) is 18.5 Å². The summed E-state index contributed by atoms with van der Waals surface area (Å²) in [4.78, 5) is 0.352. The van der Waals surface area contributed by atoms with E-state index in [1.807, 2.05) is 13.8 Å². The van der Waals surface area contributed by atoms with E-state index in [-0.39, 0.29) is 24.5 Å². The molecule has 0 aliphatic carbocycles. The number of rotatable bonds is 7. The molecule has 2 unspecified atom stereocenters. The van der Waals surface area contributed by atoms with Crippen LogP contribution in [0.4, 0.5) is 0 Å². The van der Waals surface area contributed by atoms with Crippen LogP contribution in [-0.4, -0.2) is 48.6 Å². The van der Waals surface area contributed by atoms with Crippen molar-refractivity contribution in [1.82, 2.24) is 4.31 Å². The van der Waals surface area contributed by atoms with Gasteiger partial charge in [0.15, 0.2) is 0 Å². The monoisotopic (exact) mass is 341 g/mol. The van der Waals surface area contributed by atoms with Crippen molar-refractivity contribution in [3.63, 3.8) is 0 Å². The standard InChI is InChI=1S/C12H24BrNO3S/c1-10(2)17-7-8-18(15,16)14-6-4-5-12(14)9-11(3)13/h10-12H,4-9H2,1-3H3. The molecule has 0 bridgehead atoms. The molecule has 1 saturated heterocycles. The summed E-state index contributed by atoms with van der Waals surface area (Å²) in [5.41, 5.74) is 0. The molecule has 1 aliphatic heterocycles. The van der Waals surface area contributed by atoms with Gasteiger partial charge in [0.2, 0.25) is 10.0 Å². The van der Waals surface area contributed by atoms with Gasteiger partial charge >= 0.3 is 0 Å². The number of hydrogen-bond donors (Lipinski definition) is 0. The molecule has 0 aromatic rings. The predicted molar refractivity (Wildman–Crippen MR) is 77.6 cm³/mol. The Morgan fingerprint density at radius 3 is 2.61 bits per heavy atom. The molecule has 1 fully saturated rings. The molecule has 18 heavy (non-hydrogen) atoms. The molecule has 0 amide bonds. The van der Waals surface area contributed by atoms with Crippen LogP contribution in [0, 0.1) is 0 Å². The summed E-state index contributed by atoms with van der Waals surface area (Å²) in [6.45, 7) is 6.84. The Labute approximate surface area is 119 Å². The Hall–Kier alpha value is 0.350. The highest BCUT2D eigenvalue weighted by Crippen LogP contribution is 2.26. The summed E-state index contributed by atoms with van der Waals surface area (Å²) in [6, 6.07) is 0.156. The molecule has 0 N–H and O–H groups in total. The van der Waals surface area contributed by atoms with E-state index in [4.69, 9.17) is 4.74 Å². The molecule has 108 valence electrons. The van der Waals surface area contributed by atoms with Gasteiger partial charge in [-0.15, -0.1) is 0 Å². The molecule has 1 rings (SSSR count). The molecular weight excluding hydrogens is 318 g/mol.